The van der Waals surface area contributed by atoms with E-state index in [9.17, 15) is 14.7 Å². The van der Waals surface area contributed by atoms with E-state index < -0.39 is 11.5 Å². The molecule has 1 fully saturated rings. The number of hydrogen-bond acceptors (Lipinski definition) is 3. The first-order chi connectivity index (χ1) is 8.54. The molecule has 0 saturated carbocycles. The number of carbonyl (C=O) groups excluding carboxylic acids is 1. The van der Waals surface area contributed by atoms with Crippen LogP contribution in [-0.2, 0) is 9.59 Å². The fraction of sp³-hybridized carbons (Fsp3) is 0.846. The highest BCUT2D eigenvalue weighted by Crippen LogP contribution is 2.28. The summed E-state index contributed by atoms with van der Waals surface area (Å²) in [6.45, 7) is 4.12. The van der Waals surface area contributed by atoms with Crippen molar-refractivity contribution in [1.29, 1.82) is 0 Å². The lowest BCUT2D eigenvalue weighted by molar-refractivity contribution is -0.148. The van der Waals surface area contributed by atoms with Crippen LogP contribution in [0.25, 0.3) is 0 Å². The molecule has 0 radical (unpaired) electrons. The Labute approximate surface area is 113 Å². The third-order valence-corrected chi connectivity index (χ3v) is 4.75. The molecule has 18 heavy (non-hydrogen) atoms. The molecule has 0 aliphatic carbocycles. The molecule has 0 atom stereocenters. The average molecular weight is 273 g/mol. The predicted octanol–water partition coefficient (Wildman–Crippen LogP) is 2.28. The standard InChI is InChI=1S/C13H23NO3S/c1-3-10(4-2)9-11(15)14-13(12(16)17)5-7-18-8-6-13/h10H,3-9H2,1-2H3,(H,14,15)(H,16,17). The smallest absolute Gasteiger partial charge is 0.329 e. The van der Waals surface area contributed by atoms with Gasteiger partial charge in [0, 0.05) is 6.42 Å². The van der Waals surface area contributed by atoms with Crippen LogP contribution >= 0.6 is 11.8 Å². The topological polar surface area (TPSA) is 66.4 Å². The summed E-state index contributed by atoms with van der Waals surface area (Å²) in [5, 5.41) is 12.1. The monoisotopic (exact) mass is 273 g/mol. The highest BCUT2D eigenvalue weighted by atomic mass is 32.2. The van der Waals surface area contributed by atoms with E-state index in [2.05, 4.69) is 19.2 Å². The molecular weight excluding hydrogens is 250 g/mol. The second kappa shape index (κ2) is 7.02. The van der Waals surface area contributed by atoms with Gasteiger partial charge in [-0.1, -0.05) is 26.7 Å². The van der Waals surface area contributed by atoms with Crippen LogP contribution in [0.2, 0.25) is 0 Å². The summed E-state index contributed by atoms with van der Waals surface area (Å²) in [5.41, 5.74) is -1.02. The summed E-state index contributed by atoms with van der Waals surface area (Å²) < 4.78 is 0. The van der Waals surface area contributed by atoms with Crippen LogP contribution < -0.4 is 5.32 Å². The lowest BCUT2D eigenvalue weighted by Crippen LogP contribution is -2.56. The van der Waals surface area contributed by atoms with Gasteiger partial charge < -0.3 is 10.4 Å². The van der Waals surface area contributed by atoms with Crippen LogP contribution in [0.5, 0.6) is 0 Å². The van der Waals surface area contributed by atoms with Crippen molar-refractivity contribution in [3.63, 3.8) is 0 Å². The van der Waals surface area contributed by atoms with Gasteiger partial charge in [0.15, 0.2) is 0 Å². The van der Waals surface area contributed by atoms with Crippen LogP contribution in [0, 0.1) is 5.92 Å². The van der Waals surface area contributed by atoms with E-state index in [0.29, 0.717) is 25.2 Å². The number of thioether (sulfide) groups is 1. The molecule has 1 rings (SSSR count). The molecule has 2 N–H and O–H groups in total. The van der Waals surface area contributed by atoms with E-state index in [1.165, 1.54) is 0 Å². The van der Waals surface area contributed by atoms with E-state index in [1.54, 1.807) is 11.8 Å². The zero-order chi connectivity index (χ0) is 13.6. The zero-order valence-electron chi connectivity index (χ0n) is 11.2. The lowest BCUT2D eigenvalue weighted by atomic mass is 9.91. The Morgan fingerprint density at radius 2 is 1.83 bits per heavy atom. The molecule has 0 aromatic carbocycles. The van der Waals surface area contributed by atoms with Gasteiger partial charge in [0.25, 0.3) is 0 Å². The van der Waals surface area contributed by atoms with Gasteiger partial charge in [0.2, 0.25) is 5.91 Å². The minimum absolute atomic E-state index is 0.113. The average Bonchev–Trinajstić information content (AvgIpc) is 2.36. The summed E-state index contributed by atoms with van der Waals surface area (Å²) in [6.07, 6.45) is 3.41. The molecule has 1 aliphatic heterocycles. The van der Waals surface area contributed by atoms with Crippen molar-refractivity contribution in [2.45, 2.75) is 51.5 Å². The third-order valence-electron chi connectivity index (χ3n) is 3.76. The van der Waals surface area contributed by atoms with Crippen LogP contribution in [0.3, 0.4) is 0 Å². The summed E-state index contributed by atoms with van der Waals surface area (Å²) in [7, 11) is 0. The van der Waals surface area contributed by atoms with E-state index in [0.717, 1.165) is 24.3 Å². The number of carboxylic acids is 1. The molecule has 0 aromatic rings. The summed E-state index contributed by atoms with van der Waals surface area (Å²) in [4.78, 5) is 23.4. The Morgan fingerprint density at radius 3 is 2.28 bits per heavy atom. The van der Waals surface area contributed by atoms with E-state index >= 15 is 0 Å². The van der Waals surface area contributed by atoms with Crippen LogP contribution in [0.15, 0.2) is 0 Å². The molecule has 0 bridgehead atoms. The molecule has 1 heterocycles. The minimum atomic E-state index is -1.02. The van der Waals surface area contributed by atoms with E-state index in [1.807, 2.05) is 0 Å². The number of amides is 1. The van der Waals surface area contributed by atoms with E-state index in [-0.39, 0.29) is 5.91 Å². The first-order valence-corrected chi connectivity index (χ1v) is 7.81. The quantitative estimate of drug-likeness (QED) is 0.779. The van der Waals surface area contributed by atoms with Crippen molar-refractivity contribution >= 4 is 23.6 Å². The van der Waals surface area contributed by atoms with Crippen molar-refractivity contribution < 1.29 is 14.7 Å². The maximum absolute atomic E-state index is 12.0. The SMILES string of the molecule is CCC(CC)CC(=O)NC1(C(=O)O)CCSCC1. The molecular formula is C13H23NO3S. The van der Waals surface area contributed by atoms with Crippen LogP contribution in [0.1, 0.15) is 46.0 Å². The maximum Gasteiger partial charge on any atom is 0.329 e. The number of hydrogen-bond donors (Lipinski definition) is 2. The molecule has 0 spiro atoms. The van der Waals surface area contributed by atoms with Gasteiger partial charge in [-0.15, -0.1) is 0 Å². The Balaban J connectivity index is 2.61. The molecule has 0 aromatic heterocycles. The fourth-order valence-corrected chi connectivity index (χ4v) is 3.46. The summed E-state index contributed by atoms with van der Waals surface area (Å²) in [6, 6.07) is 0. The maximum atomic E-state index is 12.0. The zero-order valence-corrected chi connectivity index (χ0v) is 12.0. The largest absolute Gasteiger partial charge is 0.480 e. The normalized spacial score (nSPS) is 18.6. The summed E-state index contributed by atoms with van der Waals surface area (Å²) >= 11 is 1.75. The van der Waals surface area contributed by atoms with Gasteiger partial charge in [-0.05, 0) is 30.3 Å². The van der Waals surface area contributed by atoms with Crippen molar-refractivity contribution in [1.82, 2.24) is 5.32 Å². The fourth-order valence-electron chi connectivity index (χ4n) is 2.27. The molecule has 1 saturated heterocycles. The lowest BCUT2D eigenvalue weighted by Gasteiger charge is -2.34. The number of rotatable bonds is 6. The van der Waals surface area contributed by atoms with Gasteiger partial charge in [0.1, 0.15) is 5.54 Å². The number of carboxylic acid groups (broad SMARTS) is 1. The highest BCUT2D eigenvalue weighted by Gasteiger charge is 2.41. The van der Waals surface area contributed by atoms with Gasteiger partial charge in [0.05, 0.1) is 0 Å². The molecule has 1 aliphatic rings. The molecule has 0 unspecified atom stereocenters. The molecule has 5 heteroatoms. The van der Waals surface area contributed by atoms with E-state index in [4.69, 9.17) is 0 Å². The number of aliphatic carboxylic acids is 1. The Hall–Kier alpha value is -0.710. The van der Waals surface area contributed by atoms with Gasteiger partial charge in [-0.3, -0.25) is 4.79 Å². The Bertz CT molecular complexity index is 297. The Kier molecular flexibility index (Phi) is 5.99. The van der Waals surface area contributed by atoms with Crippen molar-refractivity contribution in [3.05, 3.63) is 0 Å². The van der Waals surface area contributed by atoms with Crippen molar-refractivity contribution in [3.8, 4) is 0 Å². The van der Waals surface area contributed by atoms with Gasteiger partial charge in [-0.25, -0.2) is 4.79 Å². The van der Waals surface area contributed by atoms with Crippen LogP contribution in [0.4, 0.5) is 0 Å². The third kappa shape index (κ3) is 3.90. The highest BCUT2D eigenvalue weighted by molar-refractivity contribution is 7.99. The van der Waals surface area contributed by atoms with Crippen molar-refractivity contribution in [2.24, 2.45) is 5.92 Å². The first kappa shape index (κ1) is 15.3. The minimum Gasteiger partial charge on any atom is -0.480 e. The van der Waals surface area contributed by atoms with Crippen molar-refractivity contribution in [2.75, 3.05) is 11.5 Å². The second-order valence-electron chi connectivity index (χ2n) is 4.93. The Morgan fingerprint density at radius 1 is 1.28 bits per heavy atom. The molecule has 104 valence electrons. The van der Waals surface area contributed by atoms with Gasteiger partial charge >= 0.3 is 5.97 Å². The predicted molar refractivity (Wildman–Crippen MR) is 73.8 cm³/mol. The first-order valence-electron chi connectivity index (χ1n) is 6.66. The number of nitrogens with one attached hydrogen (secondary N) is 1. The second-order valence-corrected chi connectivity index (χ2v) is 6.16. The van der Waals surface area contributed by atoms with Gasteiger partial charge in [-0.2, -0.15) is 11.8 Å². The summed E-state index contributed by atoms with van der Waals surface area (Å²) in [5.74, 6) is 0.960. The van der Waals surface area contributed by atoms with Crippen LogP contribution in [-0.4, -0.2) is 34.0 Å². The molecule has 4 nitrogen and oxygen atoms in total. The number of carbonyl (C=O) groups is 2. The molecule has 1 amide bonds.